The lowest BCUT2D eigenvalue weighted by molar-refractivity contribution is -0.135. The van der Waals surface area contributed by atoms with Gasteiger partial charge in [-0.05, 0) is 37.1 Å². The Morgan fingerprint density at radius 2 is 2.11 bits per heavy atom. The van der Waals surface area contributed by atoms with Crippen LogP contribution in [0.25, 0.3) is 0 Å². The van der Waals surface area contributed by atoms with E-state index in [-0.39, 0.29) is 18.4 Å². The predicted octanol–water partition coefficient (Wildman–Crippen LogP) is 2.61. The third-order valence-corrected chi connectivity index (χ3v) is 5.37. The summed E-state index contributed by atoms with van der Waals surface area (Å²) < 4.78 is 1.11. The van der Waals surface area contributed by atoms with Crippen molar-refractivity contribution in [2.45, 2.75) is 18.7 Å². The second kappa shape index (κ2) is 6.29. The maximum atomic E-state index is 11.9. The minimum absolute atomic E-state index is 0.162. The third-order valence-electron chi connectivity index (χ3n) is 3.38. The summed E-state index contributed by atoms with van der Waals surface area (Å²) in [5.74, 6) is 0.917. The zero-order valence-electron chi connectivity index (χ0n) is 11.1. The summed E-state index contributed by atoms with van der Waals surface area (Å²) >= 11 is 5.10. The van der Waals surface area contributed by atoms with Crippen LogP contribution in [0.5, 0.6) is 0 Å². The number of aliphatic hydroxyl groups excluding tert-OH is 1. The maximum absolute atomic E-state index is 11.9. The predicted molar refractivity (Wildman–Crippen MR) is 81.5 cm³/mol. The van der Waals surface area contributed by atoms with Crippen molar-refractivity contribution in [2.24, 2.45) is 5.92 Å². The van der Waals surface area contributed by atoms with Crippen molar-refractivity contribution in [3.8, 4) is 0 Å². The molecule has 1 aromatic carbocycles. The van der Waals surface area contributed by atoms with Crippen molar-refractivity contribution in [2.75, 3.05) is 25.4 Å². The van der Waals surface area contributed by atoms with Gasteiger partial charge in [-0.1, -0.05) is 15.9 Å². The number of rotatable bonds is 4. The van der Waals surface area contributed by atoms with Crippen LogP contribution in [0.15, 0.2) is 21.5 Å². The molecule has 0 radical (unpaired) electrons. The number of carbonyl (C=O) groups is 1. The Morgan fingerprint density at radius 3 is 2.74 bits per heavy atom. The summed E-state index contributed by atoms with van der Waals surface area (Å²) in [5.41, 5.74) is 2.37. The van der Waals surface area contributed by atoms with Crippen LogP contribution in [0, 0.1) is 19.8 Å². The summed E-state index contributed by atoms with van der Waals surface area (Å²) in [7, 11) is 0. The molecular weight excluding hydrogens is 326 g/mol. The van der Waals surface area contributed by atoms with Crippen LogP contribution in [0.4, 0.5) is 0 Å². The topological polar surface area (TPSA) is 40.5 Å². The fraction of sp³-hybridized carbons (Fsp3) is 0.500. The zero-order valence-corrected chi connectivity index (χ0v) is 13.6. The van der Waals surface area contributed by atoms with Crippen LogP contribution < -0.4 is 0 Å². The molecule has 1 saturated heterocycles. The van der Waals surface area contributed by atoms with E-state index in [0.717, 1.165) is 9.37 Å². The molecule has 1 aromatic rings. The molecule has 0 atom stereocenters. The van der Waals surface area contributed by atoms with Crippen molar-refractivity contribution < 1.29 is 9.90 Å². The number of thioether (sulfide) groups is 1. The molecule has 1 heterocycles. The van der Waals surface area contributed by atoms with Gasteiger partial charge in [-0.2, -0.15) is 0 Å². The summed E-state index contributed by atoms with van der Waals surface area (Å²) in [6.07, 6.45) is 0. The number of amides is 1. The number of hydrogen-bond donors (Lipinski definition) is 1. The fourth-order valence-electron chi connectivity index (χ4n) is 2.03. The second-order valence-electron chi connectivity index (χ2n) is 5.00. The molecule has 19 heavy (non-hydrogen) atoms. The van der Waals surface area contributed by atoms with Gasteiger partial charge in [0.15, 0.2) is 0 Å². The Hall–Kier alpha value is -0.520. The van der Waals surface area contributed by atoms with E-state index in [9.17, 15) is 4.79 Å². The molecule has 1 aliphatic heterocycles. The van der Waals surface area contributed by atoms with Crippen LogP contribution in [0.1, 0.15) is 11.1 Å². The highest BCUT2D eigenvalue weighted by Gasteiger charge is 2.29. The first-order valence-electron chi connectivity index (χ1n) is 6.29. The lowest BCUT2D eigenvalue weighted by Crippen LogP contribution is -2.51. The minimum Gasteiger partial charge on any atom is -0.396 e. The van der Waals surface area contributed by atoms with Crippen LogP contribution in [-0.2, 0) is 4.79 Å². The molecule has 1 amide bonds. The summed E-state index contributed by atoms with van der Waals surface area (Å²) in [6, 6.07) is 4.21. The molecule has 1 aliphatic rings. The van der Waals surface area contributed by atoms with Gasteiger partial charge in [0.05, 0.1) is 5.75 Å². The van der Waals surface area contributed by atoms with Crippen molar-refractivity contribution in [1.82, 2.24) is 4.90 Å². The molecule has 1 fully saturated rings. The Labute approximate surface area is 126 Å². The molecule has 0 unspecified atom stereocenters. The maximum Gasteiger partial charge on any atom is 0.232 e. The van der Waals surface area contributed by atoms with E-state index >= 15 is 0 Å². The lowest BCUT2D eigenvalue weighted by Gasteiger charge is -2.38. The molecule has 0 aliphatic carbocycles. The number of aliphatic hydroxyl groups is 1. The monoisotopic (exact) mass is 343 g/mol. The van der Waals surface area contributed by atoms with E-state index in [0.29, 0.717) is 18.8 Å². The SMILES string of the molecule is Cc1cc(SCC(=O)N2CC(CO)C2)c(C)cc1Br. The highest BCUT2D eigenvalue weighted by atomic mass is 79.9. The highest BCUT2D eigenvalue weighted by Crippen LogP contribution is 2.29. The summed E-state index contributed by atoms with van der Waals surface area (Å²) in [5, 5.41) is 8.94. The van der Waals surface area contributed by atoms with Crippen LogP contribution in [0.3, 0.4) is 0 Å². The van der Waals surface area contributed by atoms with Gasteiger partial charge < -0.3 is 10.0 Å². The van der Waals surface area contributed by atoms with Crippen molar-refractivity contribution in [1.29, 1.82) is 0 Å². The molecule has 0 aromatic heterocycles. The Morgan fingerprint density at radius 1 is 1.42 bits per heavy atom. The van der Waals surface area contributed by atoms with Gasteiger partial charge in [0.2, 0.25) is 5.91 Å². The molecule has 5 heteroatoms. The molecule has 104 valence electrons. The standard InChI is InChI=1S/C14H18BrNO2S/c1-9-4-13(10(2)3-12(9)15)19-8-14(18)16-5-11(6-16)7-17/h3-4,11,17H,5-8H2,1-2H3. The summed E-state index contributed by atoms with van der Waals surface area (Å²) in [4.78, 5) is 14.9. The smallest absolute Gasteiger partial charge is 0.232 e. The van der Waals surface area contributed by atoms with Gasteiger partial charge in [-0.25, -0.2) is 0 Å². The molecule has 0 saturated carbocycles. The number of carbonyl (C=O) groups excluding carboxylic acids is 1. The van der Waals surface area contributed by atoms with Gasteiger partial charge in [0, 0.05) is 35.0 Å². The van der Waals surface area contributed by atoms with E-state index < -0.39 is 0 Å². The van der Waals surface area contributed by atoms with Crippen molar-refractivity contribution in [3.05, 3.63) is 27.7 Å². The van der Waals surface area contributed by atoms with Gasteiger partial charge in [-0.3, -0.25) is 4.79 Å². The number of hydrogen-bond acceptors (Lipinski definition) is 3. The van der Waals surface area contributed by atoms with E-state index in [1.807, 2.05) is 4.90 Å². The highest BCUT2D eigenvalue weighted by molar-refractivity contribution is 9.10. The average molecular weight is 344 g/mol. The van der Waals surface area contributed by atoms with E-state index in [2.05, 4.69) is 41.9 Å². The van der Waals surface area contributed by atoms with Crippen LogP contribution >= 0.6 is 27.7 Å². The third kappa shape index (κ3) is 3.52. The zero-order chi connectivity index (χ0) is 14.0. The number of aryl methyl sites for hydroxylation is 2. The van der Waals surface area contributed by atoms with Gasteiger partial charge in [0.1, 0.15) is 0 Å². The normalized spacial score (nSPS) is 15.5. The Balaban J connectivity index is 1.89. The van der Waals surface area contributed by atoms with Crippen LogP contribution in [-0.4, -0.2) is 41.4 Å². The molecule has 0 spiro atoms. The summed E-state index contributed by atoms with van der Waals surface area (Å²) in [6.45, 7) is 5.70. The van der Waals surface area contributed by atoms with Crippen molar-refractivity contribution >= 4 is 33.6 Å². The number of halogens is 1. The lowest BCUT2D eigenvalue weighted by atomic mass is 10.0. The molecule has 3 nitrogen and oxygen atoms in total. The van der Waals surface area contributed by atoms with E-state index in [4.69, 9.17) is 5.11 Å². The molecular formula is C14H18BrNO2S. The first-order valence-corrected chi connectivity index (χ1v) is 8.07. The van der Waals surface area contributed by atoms with E-state index in [1.54, 1.807) is 11.8 Å². The largest absolute Gasteiger partial charge is 0.396 e. The number of nitrogens with zero attached hydrogens (tertiary/aromatic N) is 1. The Bertz CT molecular complexity index is 487. The minimum atomic E-state index is 0.162. The number of benzene rings is 1. The van der Waals surface area contributed by atoms with Gasteiger partial charge in [0.25, 0.3) is 0 Å². The fourth-order valence-corrected chi connectivity index (χ4v) is 3.50. The van der Waals surface area contributed by atoms with Crippen molar-refractivity contribution in [3.63, 3.8) is 0 Å². The molecule has 0 bridgehead atoms. The Kier molecular flexibility index (Phi) is 4.92. The molecule has 2 rings (SSSR count). The van der Waals surface area contributed by atoms with Gasteiger partial charge in [-0.15, -0.1) is 11.8 Å². The number of likely N-dealkylation sites (tertiary alicyclic amines) is 1. The van der Waals surface area contributed by atoms with Gasteiger partial charge >= 0.3 is 0 Å². The quantitative estimate of drug-likeness (QED) is 0.854. The average Bonchev–Trinajstić information content (AvgIpc) is 2.31. The van der Waals surface area contributed by atoms with Crippen LogP contribution in [0.2, 0.25) is 0 Å². The first kappa shape index (κ1) is 14.9. The first-order chi connectivity index (χ1) is 9.01. The van der Waals surface area contributed by atoms with E-state index in [1.165, 1.54) is 11.1 Å². The molecule has 1 N–H and O–H groups in total. The second-order valence-corrected chi connectivity index (χ2v) is 6.87.